The molecule has 0 atom stereocenters. The molecule has 5 fully saturated rings. The van der Waals surface area contributed by atoms with Crippen LogP contribution in [0.3, 0.4) is 0 Å². The van der Waals surface area contributed by atoms with Gasteiger partial charge in [0, 0.05) is 43.4 Å². The van der Waals surface area contributed by atoms with Gasteiger partial charge in [0.1, 0.15) is 6.33 Å². The summed E-state index contributed by atoms with van der Waals surface area (Å²) in [6, 6.07) is 13.3. The Kier molecular flexibility index (Phi) is 9.24. The van der Waals surface area contributed by atoms with Crippen molar-refractivity contribution in [3.8, 4) is 0 Å². The first-order valence-electron chi connectivity index (χ1n) is 17.9. The molecule has 1 spiro atoms. The van der Waals surface area contributed by atoms with Crippen molar-refractivity contribution in [2.24, 2.45) is 5.41 Å². The van der Waals surface area contributed by atoms with Gasteiger partial charge in [0.2, 0.25) is 0 Å². The Balaban J connectivity index is 0.000000182. The van der Waals surface area contributed by atoms with Gasteiger partial charge in [-0.1, -0.05) is 48.5 Å². The molecular weight excluding hydrogens is 687 g/mol. The first kappa shape index (κ1) is 36.8. The molecule has 4 heterocycles. The summed E-state index contributed by atoms with van der Waals surface area (Å²) in [5.74, 6) is 1.76. The number of amides is 2. The number of benzene rings is 2. The lowest BCUT2D eigenvalue weighted by atomic mass is 9.61. The third-order valence-electron chi connectivity index (χ3n) is 11.4. The van der Waals surface area contributed by atoms with Gasteiger partial charge in [-0.2, -0.15) is 31.4 Å². The summed E-state index contributed by atoms with van der Waals surface area (Å²) >= 11 is 0. The van der Waals surface area contributed by atoms with Crippen LogP contribution in [0.1, 0.15) is 93.8 Å². The zero-order chi connectivity index (χ0) is 37.3. The van der Waals surface area contributed by atoms with Gasteiger partial charge < -0.3 is 19.1 Å². The molecule has 0 unspecified atom stereocenters. The van der Waals surface area contributed by atoms with Gasteiger partial charge >= 0.3 is 25.5 Å². The number of hydrogen-bond acceptors (Lipinski definition) is 5. The van der Waals surface area contributed by atoms with E-state index in [1.54, 1.807) is 36.4 Å². The summed E-state index contributed by atoms with van der Waals surface area (Å²) in [4.78, 5) is 21.0. The summed E-state index contributed by atoms with van der Waals surface area (Å²) in [6.07, 6.45) is -3.82. The second-order valence-corrected chi connectivity index (χ2v) is 16.3. The fraction of sp³-hybridized carbons (Fsp3) is 0.595. The van der Waals surface area contributed by atoms with Crippen LogP contribution in [0.5, 0.6) is 0 Å². The lowest BCUT2D eigenvalue weighted by Gasteiger charge is -2.60. The molecular formula is C37H44BF6N5O3. The van der Waals surface area contributed by atoms with Crippen LogP contribution in [-0.2, 0) is 22.2 Å². The zero-order valence-electron chi connectivity index (χ0n) is 29.8. The van der Waals surface area contributed by atoms with Crippen molar-refractivity contribution in [2.75, 3.05) is 26.2 Å². The molecule has 2 amide bonds. The molecule has 3 aromatic rings. The van der Waals surface area contributed by atoms with Crippen molar-refractivity contribution in [3.05, 3.63) is 77.4 Å². The molecule has 52 heavy (non-hydrogen) atoms. The molecule has 280 valence electrons. The van der Waals surface area contributed by atoms with Crippen molar-refractivity contribution in [1.29, 1.82) is 0 Å². The maximum absolute atomic E-state index is 12.8. The molecule has 2 aliphatic carbocycles. The van der Waals surface area contributed by atoms with E-state index in [1.165, 1.54) is 25.0 Å². The molecule has 2 saturated carbocycles. The Morgan fingerprint density at radius 3 is 1.81 bits per heavy atom. The van der Waals surface area contributed by atoms with E-state index in [2.05, 4.69) is 10.1 Å². The third kappa shape index (κ3) is 8.00. The van der Waals surface area contributed by atoms with Crippen molar-refractivity contribution in [3.63, 3.8) is 0 Å². The Bertz CT molecular complexity index is 1720. The number of nitrogens with zero attached hydrogens (tertiary/aromatic N) is 5. The highest BCUT2D eigenvalue weighted by Gasteiger charge is 2.56. The number of halogens is 6. The van der Waals surface area contributed by atoms with Crippen LogP contribution >= 0.6 is 0 Å². The molecule has 8 nitrogen and oxygen atoms in total. The van der Waals surface area contributed by atoms with E-state index in [4.69, 9.17) is 9.31 Å². The SMILES string of the molecule is CC1(C)OB(c2ccc(CC(F)(F)F)cc2)OC1(C)C.O=C(N1CC(c2ccc(CC(F)(F)F)cc2)C1)N1CC2(CC(n3cnc(C4CC4)n3)C2)C1. The van der Waals surface area contributed by atoms with E-state index in [1.807, 2.05) is 48.5 Å². The lowest BCUT2D eigenvalue weighted by molar-refractivity contribution is -0.128. The molecule has 0 radical (unpaired) electrons. The third-order valence-corrected chi connectivity index (χ3v) is 11.4. The number of aromatic nitrogens is 3. The number of likely N-dealkylation sites (tertiary alicyclic amines) is 2. The van der Waals surface area contributed by atoms with Crippen LogP contribution < -0.4 is 5.46 Å². The molecule has 2 aromatic carbocycles. The van der Waals surface area contributed by atoms with Crippen molar-refractivity contribution >= 4 is 18.6 Å². The van der Waals surface area contributed by atoms with E-state index in [0.717, 1.165) is 42.8 Å². The number of hydrogen-bond donors (Lipinski definition) is 0. The maximum Gasteiger partial charge on any atom is 0.494 e. The molecule has 0 N–H and O–H groups in total. The summed E-state index contributed by atoms with van der Waals surface area (Å²) in [7, 11) is -0.542. The lowest BCUT2D eigenvalue weighted by Crippen LogP contribution is -2.67. The van der Waals surface area contributed by atoms with Crippen LogP contribution in [0.4, 0.5) is 31.1 Å². The number of alkyl halides is 6. The van der Waals surface area contributed by atoms with E-state index in [-0.39, 0.29) is 28.5 Å². The van der Waals surface area contributed by atoms with Crippen molar-refractivity contribution < 1.29 is 40.4 Å². The van der Waals surface area contributed by atoms with Gasteiger partial charge in [-0.3, -0.25) is 0 Å². The quantitative estimate of drug-likeness (QED) is 0.198. The molecule has 3 aliphatic heterocycles. The monoisotopic (exact) mass is 731 g/mol. The first-order chi connectivity index (χ1) is 24.3. The van der Waals surface area contributed by atoms with Gasteiger partial charge in [-0.15, -0.1) is 0 Å². The highest BCUT2D eigenvalue weighted by Crippen LogP contribution is 2.54. The van der Waals surface area contributed by atoms with Crippen molar-refractivity contribution in [1.82, 2.24) is 24.6 Å². The van der Waals surface area contributed by atoms with Gasteiger partial charge in [0.25, 0.3) is 0 Å². The van der Waals surface area contributed by atoms with Crippen LogP contribution in [0.2, 0.25) is 0 Å². The molecule has 3 saturated heterocycles. The van der Waals surface area contributed by atoms with E-state index >= 15 is 0 Å². The largest absolute Gasteiger partial charge is 0.494 e. The smallest absolute Gasteiger partial charge is 0.399 e. The normalized spacial score (nSPS) is 22.4. The van der Waals surface area contributed by atoms with Crippen LogP contribution in [0.15, 0.2) is 54.9 Å². The van der Waals surface area contributed by atoms with Crippen LogP contribution in [-0.4, -0.2) is 87.4 Å². The highest BCUT2D eigenvalue weighted by atomic mass is 19.4. The second kappa shape index (κ2) is 13.1. The van der Waals surface area contributed by atoms with Gasteiger partial charge in [-0.25, -0.2) is 14.5 Å². The Hall–Kier alpha value is -3.59. The Morgan fingerprint density at radius 2 is 1.31 bits per heavy atom. The second-order valence-electron chi connectivity index (χ2n) is 16.3. The van der Waals surface area contributed by atoms with Crippen LogP contribution in [0.25, 0.3) is 0 Å². The average molecular weight is 732 g/mol. The summed E-state index contributed by atoms with van der Waals surface area (Å²) in [6.45, 7) is 10.6. The minimum atomic E-state index is -4.19. The first-order valence-corrected chi connectivity index (χ1v) is 17.9. The van der Waals surface area contributed by atoms with E-state index in [9.17, 15) is 31.1 Å². The zero-order valence-corrected chi connectivity index (χ0v) is 29.8. The predicted octanol–water partition coefficient (Wildman–Crippen LogP) is 7.21. The molecule has 8 rings (SSSR count). The topological polar surface area (TPSA) is 72.7 Å². The predicted molar refractivity (Wildman–Crippen MR) is 182 cm³/mol. The van der Waals surface area contributed by atoms with Gasteiger partial charge in [0.15, 0.2) is 5.82 Å². The fourth-order valence-electron chi connectivity index (χ4n) is 7.46. The highest BCUT2D eigenvalue weighted by molar-refractivity contribution is 6.62. The number of carbonyl (C=O) groups is 1. The number of carbonyl (C=O) groups excluding carboxylic acids is 1. The Labute approximate surface area is 300 Å². The minimum Gasteiger partial charge on any atom is -0.399 e. The molecule has 15 heteroatoms. The molecule has 5 aliphatic rings. The van der Waals surface area contributed by atoms with Gasteiger partial charge in [-0.05, 0) is 75.5 Å². The number of rotatable bonds is 6. The van der Waals surface area contributed by atoms with Gasteiger partial charge in [0.05, 0.1) is 30.1 Å². The standard InChI is InChI=1S/C23H26F3N5O.C14H18BF3O2/c24-23(25,26)7-15-1-3-16(4-2-15)18-10-29(11-18)21(32)30-12-22(13-30)8-19(9-22)31-14-27-20(28-31)17-5-6-17;1-12(2)13(3,4)20-15(19-12)11-7-5-10(6-8-11)9-14(16,17)18/h1-4,14,17-19H,5-13H2;5-8H,9H2,1-4H3. The summed E-state index contributed by atoms with van der Waals surface area (Å²) in [5, 5.41) is 4.64. The Morgan fingerprint density at radius 1 is 0.788 bits per heavy atom. The molecule has 1 aromatic heterocycles. The summed E-state index contributed by atoms with van der Waals surface area (Å²) < 4.78 is 88.1. The number of urea groups is 1. The molecule has 0 bridgehead atoms. The maximum atomic E-state index is 12.8. The van der Waals surface area contributed by atoms with E-state index < -0.39 is 43.5 Å². The average Bonchev–Trinajstić information content (AvgIpc) is 3.66. The fourth-order valence-corrected chi connectivity index (χ4v) is 7.46. The van der Waals surface area contributed by atoms with Crippen LogP contribution in [0, 0.1) is 5.41 Å². The van der Waals surface area contributed by atoms with E-state index in [0.29, 0.717) is 25.0 Å². The minimum absolute atomic E-state index is 0.0841. The summed E-state index contributed by atoms with van der Waals surface area (Å²) in [5.41, 5.74) is 1.57. The van der Waals surface area contributed by atoms with Crippen molar-refractivity contribution in [2.45, 2.75) is 108 Å².